The summed E-state index contributed by atoms with van der Waals surface area (Å²) in [5.74, 6) is -0.0327. The summed E-state index contributed by atoms with van der Waals surface area (Å²) in [4.78, 5) is 16.0. The predicted molar refractivity (Wildman–Crippen MR) is 95.1 cm³/mol. The van der Waals surface area contributed by atoms with Gasteiger partial charge in [-0.15, -0.1) is 0 Å². The van der Waals surface area contributed by atoms with Crippen molar-refractivity contribution >= 4 is 15.9 Å². The summed E-state index contributed by atoms with van der Waals surface area (Å²) in [7, 11) is -3.67. The molecular weight excluding hydrogens is 340 g/mol. The SMILES string of the molecule is NS(=O)(=O)c1ccc(CCNC(=O)CCNCc2ccccn2)cc1. The lowest BCUT2D eigenvalue weighted by molar-refractivity contribution is -0.120. The number of benzene rings is 1. The smallest absolute Gasteiger partial charge is 0.238 e. The summed E-state index contributed by atoms with van der Waals surface area (Å²) in [6, 6.07) is 12.0. The second-order valence-electron chi connectivity index (χ2n) is 5.54. The largest absolute Gasteiger partial charge is 0.356 e. The fourth-order valence-electron chi connectivity index (χ4n) is 2.20. The maximum atomic E-state index is 11.8. The van der Waals surface area contributed by atoms with Crippen LogP contribution in [0.3, 0.4) is 0 Å². The number of primary sulfonamides is 1. The zero-order chi connectivity index (χ0) is 18.1. The number of amides is 1. The Balaban J connectivity index is 1.62. The van der Waals surface area contributed by atoms with Crippen LogP contribution in [0.2, 0.25) is 0 Å². The highest BCUT2D eigenvalue weighted by Crippen LogP contribution is 2.08. The molecule has 1 aromatic heterocycles. The van der Waals surface area contributed by atoms with Gasteiger partial charge in [-0.05, 0) is 36.2 Å². The number of nitrogens with two attached hydrogens (primary N) is 1. The number of nitrogens with zero attached hydrogens (tertiary/aromatic N) is 1. The molecule has 7 nitrogen and oxygen atoms in total. The molecule has 0 unspecified atom stereocenters. The highest BCUT2D eigenvalue weighted by Gasteiger charge is 2.07. The number of carbonyl (C=O) groups is 1. The number of rotatable bonds is 9. The quantitative estimate of drug-likeness (QED) is 0.564. The molecule has 0 fully saturated rings. The lowest BCUT2D eigenvalue weighted by Gasteiger charge is -2.07. The van der Waals surface area contributed by atoms with Crippen molar-refractivity contribution in [1.82, 2.24) is 15.6 Å². The van der Waals surface area contributed by atoms with E-state index in [0.29, 0.717) is 32.5 Å². The molecule has 0 spiro atoms. The Labute approximate surface area is 147 Å². The average molecular weight is 362 g/mol. The van der Waals surface area contributed by atoms with Crippen molar-refractivity contribution in [3.05, 3.63) is 59.9 Å². The third-order valence-corrected chi connectivity index (χ3v) is 4.48. The van der Waals surface area contributed by atoms with Crippen LogP contribution in [0, 0.1) is 0 Å². The van der Waals surface area contributed by atoms with Gasteiger partial charge in [-0.2, -0.15) is 0 Å². The maximum absolute atomic E-state index is 11.8. The first kappa shape index (κ1) is 19.0. The highest BCUT2D eigenvalue weighted by molar-refractivity contribution is 7.89. The molecular formula is C17H22N4O3S. The van der Waals surface area contributed by atoms with E-state index in [-0.39, 0.29) is 10.8 Å². The van der Waals surface area contributed by atoms with Crippen molar-refractivity contribution < 1.29 is 13.2 Å². The molecule has 0 radical (unpaired) electrons. The first-order valence-electron chi connectivity index (χ1n) is 7.94. The Hall–Kier alpha value is -2.29. The number of hydrogen-bond acceptors (Lipinski definition) is 5. The number of pyridine rings is 1. The molecule has 25 heavy (non-hydrogen) atoms. The minimum atomic E-state index is -3.67. The van der Waals surface area contributed by atoms with E-state index in [1.165, 1.54) is 12.1 Å². The van der Waals surface area contributed by atoms with Gasteiger partial charge in [-0.3, -0.25) is 9.78 Å². The Morgan fingerprint density at radius 2 is 1.84 bits per heavy atom. The summed E-state index contributed by atoms with van der Waals surface area (Å²) >= 11 is 0. The van der Waals surface area contributed by atoms with Crippen LogP contribution in [0.1, 0.15) is 17.7 Å². The second-order valence-corrected chi connectivity index (χ2v) is 7.10. The Morgan fingerprint density at radius 1 is 1.08 bits per heavy atom. The number of carbonyl (C=O) groups excluding carboxylic acids is 1. The Bertz CT molecular complexity index is 777. The molecule has 0 aliphatic heterocycles. The molecule has 0 saturated carbocycles. The minimum absolute atomic E-state index is 0.0327. The van der Waals surface area contributed by atoms with Gasteiger partial charge in [0.15, 0.2) is 0 Å². The summed E-state index contributed by atoms with van der Waals surface area (Å²) < 4.78 is 22.3. The fraction of sp³-hybridized carbons (Fsp3) is 0.294. The van der Waals surface area contributed by atoms with Gasteiger partial charge in [0.2, 0.25) is 15.9 Å². The van der Waals surface area contributed by atoms with E-state index in [4.69, 9.17) is 5.14 Å². The van der Waals surface area contributed by atoms with Crippen LogP contribution in [0.25, 0.3) is 0 Å². The van der Waals surface area contributed by atoms with Crippen LogP contribution in [0.5, 0.6) is 0 Å². The topological polar surface area (TPSA) is 114 Å². The van der Waals surface area contributed by atoms with Crippen molar-refractivity contribution in [2.24, 2.45) is 5.14 Å². The minimum Gasteiger partial charge on any atom is -0.356 e. The van der Waals surface area contributed by atoms with Crippen LogP contribution in [0.15, 0.2) is 53.6 Å². The van der Waals surface area contributed by atoms with Crippen LogP contribution in [-0.4, -0.2) is 32.4 Å². The van der Waals surface area contributed by atoms with Crippen LogP contribution >= 0.6 is 0 Å². The summed E-state index contributed by atoms with van der Waals surface area (Å²) in [5.41, 5.74) is 1.87. The van der Waals surface area contributed by atoms with E-state index in [9.17, 15) is 13.2 Å². The Morgan fingerprint density at radius 3 is 2.48 bits per heavy atom. The van der Waals surface area contributed by atoms with E-state index in [0.717, 1.165) is 11.3 Å². The highest BCUT2D eigenvalue weighted by atomic mass is 32.2. The lowest BCUT2D eigenvalue weighted by Crippen LogP contribution is -2.29. The number of sulfonamides is 1. The van der Waals surface area contributed by atoms with Gasteiger partial charge in [0, 0.05) is 32.3 Å². The normalized spacial score (nSPS) is 11.2. The predicted octanol–water partition coefficient (Wildman–Crippen LogP) is 0.568. The average Bonchev–Trinajstić information content (AvgIpc) is 2.59. The van der Waals surface area contributed by atoms with Gasteiger partial charge in [-0.1, -0.05) is 18.2 Å². The van der Waals surface area contributed by atoms with E-state index in [1.54, 1.807) is 18.3 Å². The second kappa shape index (κ2) is 9.26. The van der Waals surface area contributed by atoms with E-state index < -0.39 is 10.0 Å². The van der Waals surface area contributed by atoms with Crippen LogP contribution < -0.4 is 15.8 Å². The molecule has 0 saturated heterocycles. The molecule has 4 N–H and O–H groups in total. The van der Waals surface area contributed by atoms with Crippen molar-refractivity contribution in [2.45, 2.75) is 24.3 Å². The third kappa shape index (κ3) is 7.00. The van der Waals surface area contributed by atoms with E-state index >= 15 is 0 Å². The third-order valence-electron chi connectivity index (χ3n) is 3.55. The van der Waals surface area contributed by atoms with Crippen molar-refractivity contribution in [3.8, 4) is 0 Å². The van der Waals surface area contributed by atoms with Crippen molar-refractivity contribution in [1.29, 1.82) is 0 Å². The van der Waals surface area contributed by atoms with E-state index in [1.807, 2.05) is 18.2 Å². The molecule has 0 aliphatic carbocycles. The van der Waals surface area contributed by atoms with Gasteiger partial charge in [0.05, 0.1) is 10.6 Å². The lowest BCUT2D eigenvalue weighted by atomic mass is 10.1. The molecule has 0 bridgehead atoms. The fourth-order valence-corrected chi connectivity index (χ4v) is 2.72. The molecule has 2 aromatic rings. The molecule has 1 heterocycles. The zero-order valence-corrected chi connectivity index (χ0v) is 14.6. The first-order chi connectivity index (χ1) is 11.9. The molecule has 134 valence electrons. The molecule has 1 amide bonds. The van der Waals surface area contributed by atoms with Crippen molar-refractivity contribution in [2.75, 3.05) is 13.1 Å². The maximum Gasteiger partial charge on any atom is 0.238 e. The molecule has 0 aliphatic rings. The molecule has 1 aromatic carbocycles. The molecule has 8 heteroatoms. The Kier molecular flexibility index (Phi) is 7.05. The summed E-state index contributed by atoms with van der Waals surface area (Å²) in [6.45, 7) is 1.70. The van der Waals surface area contributed by atoms with Gasteiger partial charge in [-0.25, -0.2) is 13.6 Å². The number of hydrogen-bond donors (Lipinski definition) is 3. The summed E-state index contributed by atoms with van der Waals surface area (Å²) in [6.07, 6.45) is 2.74. The number of aromatic nitrogens is 1. The molecule has 0 atom stereocenters. The van der Waals surface area contributed by atoms with Gasteiger partial charge in [0.25, 0.3) is 0 Å². The standard InChI is InChI=1S/C17H22N4O3S/c18-25(23,24)16-6-4-14(5-7-16)8-12-21-17(22)9-11-19-13-15-3-1-2-10-20-15/h1-7,10,19H,8-9,11-13H2,(H,21,22)(H2,18,23,24). The van der Waals surface area contributed by atoms with Crippen LogP contribution in [-0.2, 0) is 27.8 Å². The van der Waals surface area contributed by atoms with Gasteiger partial charge in [0.1, 0.15) is 0 Å². The van der Waals surface area contributed by atoms with Gasteiger partial charge < -0.3 is 10.6 Å². The van der Waals surface area contributed by atoms with Crippen LogP contribution in [0.4, 0.5) is 0 Å². The first-order valence-corrected chi connectivity index (χ1v) is 9.49. The van der Waals surface area contributed by atoms with Crippen molar-refractivity contribution in [3.63, 3.8) is 0 Å². The summed E-state index contributed by atoms with van der Waals surface area (Å²) in [5, 5.41) is 11.1. The van der Waals surface area contributed by atoms with E-state index in [2.05, 4.69) is 15.6 Å². The monoisotopic (exact) mass is 362 g/mol. The molecule has 2 rings (SSSR count). The number of nitrogens with one attached hydrogen (secondary N) is 2. The van der Waals surface area contributed by atoms with Gasteiger partial charge >= 0.3 is 0 Å². The zero-order valence-electron chi connectivity index (χ0n) is 13.8.